The molecule has 1 aromatic heterocycles. The summed E-state index contributed by atoms with van der Waals surface area (Å²) in [6.07, 6.45) is 0. The lowest BCUT2D eigenvalue weighted by Crippen LogP contribution is -2.30. The minimum Gasteiger partial charge on any atom is -0.492 e. The van der Waals surface area contributed by atoms with Gasteiger partial charge in [-0.3, -0.25) is 4.79 Å². The summed E-state index contributed by atoms with van der Waals surface area (Å²) in [6, 6.07) is 15.1. The quantitative estimate of drug-likeness (QED) is 0.341. The van der Waals surface area contributed by atoms with Gasteiger partial charge in [-0.1, -0.05) is 52.8 Å². The Morgan fingerprint density at radius 2 is 1.73 bits per heavy atom. The van der Waals surface area contributed by atoms with Crippen LogP contribution in [0.5, 0.6) is 5.75 Å². The summed E-state index contributed by atoms with van der Waals surface area (Å²) in [5.74, 6) is 1.61. The molecule has 162 valence electrons. The van der Waals surface area contributed by atoms with Gasteiger partial charge >= 0.3 is 0 Å². The lowest BCUT2D eigenvalue weighted by Gasteiger charge is -2.18. The zero-order valence-electron chi connectivity index (χ0n) is 18.5. The van der Waals surface area contributed by atoms with E-state index < -0.39 is 0 Å². The predicted molar refractivity (Wildman–Crippen MR) is 125 cm³/mol. The molecule has 0 aliphatic carbocycles. The van der Waals surface area contributed by atoms with Gasteiger partial charge in [-0.25, -0.2) is 0 Å². The van der Waals surface area contributed by atoms with Crippen molar-refractivity contribution < 1.29 is 13.9 Å². The van der Waals surface area contributed by atoms with E-state index in [9.17, 15) is 4.79 Å². The molecule has 0 saturated heterocycles. The van der Waals surface area contributed by atoms with Crippen LogP contribution in [-0.4, -0.2) is 25.5 Å². The number of para-hydroxylation sites is 1. The molecule has 0 fully saturated rings. The van der Waals surface area contributed by atoms with E-state index in [-0.39, 0.29) is 29.5 Å². The summed E-state index contributed by atoms with van der Waals surface area (Å²) >= 11 is 0. The smallest absolute Gasteiger partial charge is 0.197 e. The van der Waals surface area contributed by atoms with Crippen LogP contribution in [-0.2, 0) is 0 Å². The van der Waals surface area contributed by atoms with Crippen LogP contribution in [0.3, 0.4) is 0 Å². The maximum Gasteiger partial charge on any atom is 0.197 e. The Morgan fingerprint density at radius 1 is 1.07 bits per heavy atom. The van der Waals surface area contributed by atoms with Crippen LogP contribution in [0.25, 0.3) is 11.0 Å². The number of benzene rings is 2. The molecule has 5 heteroatoms. The van der Waals surface area contributed by atoms with E-state index in [1.54, 1.807) is 0 Å². The predicted octanol–water partition coefficient (Wildman–Crippen LogP) is 6.22. The van der Waals surface area contributed by atoms with Gasteiger partial charge in [-0.15, -0.1) is 12.4 Å². The highest BCUT2D eigenvalue weighted by Crippen LogP contribution is 2.32. The van der Waals surface area contributed by atoms with Crippen molar-refractivity contribution >= 4 is 29.2 Å². The Kier molecular flexibility index (Phi) is 8.10. The third-order valence-electron chi connectivity index (χ3n) is 4.69. The molecule has 3 aromatic rings. The average molecular weight is 430 g/mol. The van der Waals surface area contributed by atoms with Gasteiger partial charge in [0.15, 0.2) is 5.78 Å². The highest BCUT2D eigenvalue weighted by atomic mass is 35.5. The molecule has 0 bridgehead atoms. The second-order valence-electron chi connectivity index (χ2n) is 8.93. The van der Waals surface area contributed by atoms with Crippen molar-refractivity contribution in [3.63, 3.8) is 0 Å². The molecule has 1 heterocycles. The summed E-state index contributed by atoms with van der Waals surface area (Å²) in [5.41, 5.74) is 2.31. The molecule has 0 unspecified atom stereocenters. The molecule has 0 aliphatic heterocycles. The molecule has 1 N–H and O–H groups in total. The number of carbonyl (C=O) groups is 1. The Labute approximate surface area is 185 Å². The number of furan rings is 1. The number of carbonyl (C=O) groups excluding carboxylic acids is 1. The Hall–Kier alpha value is -2.30. The summed E-state index contributed by atoms with van der Waals surface area (Å²) in [6.45, 7) is 13.0. The van der Waals surface area contributed by atoms with Crippen molar-refractivity contribution in [2.45, 2.75) is 40.5 Å². The second-order valence-corrected chi connectivity index (χ2v) is 8.93. The first-order valence-electron chi connectivity index (χ1n) is 10.3. The fourth-order valence-electron chi connectivity index (χ4n) is 3.26. The van der Waals surface area contributed by atoms with Crippen molar-refractivity contribution in [3.8, 4) is 5.75 Å². The Bertz CT molecular complexity index is 968. The zero-order chi connectivity index (χ0) is 21.0. The van der Waals surface area contributed by atoms with Crippen molar-refractivity contribution in [1.29, 1.82) is 0 Å². The lowest BCUT2D eigenvalue weighted by molar-refractivity contribution is 0.103. The van der Waals surface area contributed by atoms with E-state index in [1.165, 1.54) is 0 Å². The van der Waals surface area contributed by atoms with Crippen LogP contribution in [0, 0.1) is 5.41 Å². The van der Waals surface area contributed by atoms with Crippen LogP contribution < -0.4 is 10.1 Å². The van der Waals surface area contributed by atoms with Crippen molar-refractivity contribution in [1.82, 2.24) is 5.32 Å². The van der Waals surface area contributed by atoms with E-state index in [1.807, 2.05) is 62.4 Å². The molecule has 0 amide bonds. The molecule has 0 aliphatic rings. The van der Waals surface area contributed by atoms with Gasteiger partial charge in [0.25, 0.3) is 0 Å². The first kappa shape index (κ1) is 24.0. The molecule has 3 rings (SSSR count). The number of fused-ring (bicyclic) bond motifs is 1. The number of ether oxygens (including phenoxy) is 1. The summed E-state index contributed by atoms with van der Waals surface area (Å²) in [7, 11) is 0. The van der Waals surface area contributed by atoms with Crippen molar-refractivity contribution in [2.24, 2.45) is 5.41 Å². The fourth-order valence-corrected chi connectivity index (χ4v) is 3.26. The minimum absolute atomic E-state index is 0. The summed E-state index contributed by atoms with van der Waals surface area (Å²) in [4.78, 5) is 13.2. The van der Waals surface area contributed by atoms with Crippen LogP contribution in [0.2, 0.25) is 0 Å². The van der Waals surface area contributed by atoms with E-state index in [2.05, 4.69) is 26.1 Å². The summed E-state index contributed by atoms with van der Waals surface area (Å²) in [5, 5.41) is 4.26. The van der Waals surface area contributed by atoms with Gasteiger partial charge in [0.2, 0.25) is 0 Å². The number of hydrogen-bond donors (Lipinski definition) is 1. The molecule has 2 aromatic carbocycles. The zero-order valence-corrected chi connectivity index (χ0v) is 19.3. The Balaban J connectivity index is 0.00000320. The van der Waals surface area contributed by atoms with Crippen LogP contribution in [0.1, 0.15) is 62.2 Å². The number of rotatable bonds is 8. The van der Waals surface area contributed by atoms with Gasteiger partial charge < -0.3 is 14.5 Å². The molecule has 0 atom stereocenters. The van der Waals surface area contributed by atoms with E-state index >= 15 is 0 Å². The molecular formula is C25H32ClNO3. The average Bonchev–Trinajstić information content (AvgIpc) is 3.07. The summed E-state index contributed by atoms with van der Waals surface area (Å²) < 4.78 is 11.8. The highest BCUT2D eigenvalue weighted by Gasteiger charge is 2.23. The molecule has 30 heavy (non-hydrogen) atoms. The standard InChI is InChI=1S/C25H31NO3.ClH/c1-17(2)24-22(20-8-6-7-9-21(20)29-24)23(27)18-10-12-19(13-11-18)28-15-14-26-16-25(3,4)5;/h6-13,17,26H,14-16H2,1-5H3;1H. The number of halogens is 1. The van der Waals surface area contributed by atoms with Gasteiger partial charge in [0, 0.05) is 30.0 Å². The van der Waals surface area contributed by atoms with Gasteiger partial charge in [-0.05, 0) is 35.7 Å². The Morgan fingerprint density at radius 3 is 2.37 bits per heavy atom. The molecule has 0 spiro atoms. The van der Waals surface area contributed by atoms with Crippen LogP contribution in [0.15, 0.2) is 52.9 Å². The maximum atomic E-state index is 13.2. The van der Waals surface area contributed by atoms with Crippen LogP contribution >= 0.6 is 12.4 Å². The number of hydrogen-bond acceptors (Lipinski definition) is 4. The van der Waals surface area contributed by atoms with E-state index in [0.29, 0.717) is 17.7 Å². The highest BCUT2D eigenvalue weighted by molar-refractivity contribution is 6.17. The van der Waals surface area contributed by atoms with Gasteiger partial charge in [0.1, 0.15) is 23.7 Å². The minimum atomic E-state index is -0.0166. The van der Waals surface area contributed by atoms with E-state index in [4.69, 9.17) is 9.15 Å². The topological polar surface area (TPSA) is 51.5 Å². The normalized spacial score (nSPS) is 11.5. The first-order chi connectivity index (χ1) is 13.8. The molecule has 0 saturated carbocycles. The first-order valence-corrected chi connectivity index (χ1v) is 10.3. The number of ketones is 1. The van der Waals surface area contributed by atoms with Crippen molar-refractivity contribution in [3.05, 3.63) is 65.4 Å². The lowest BCUT2D eigenvalue weighted by atomic mass is 9.96. The van der Waals surface area contributed by atoms with Crippen molar-refractivity contribution in [2.75, 3.05) is 19.7 Å². The fraction of sp³-hybridized carbons (Fsp3) is 0.400. The third-order valence-corrected chi connectivity index (χ3v) is 4.69. The number of nitrogens with one attached hydrogen (secondary N) is 1. The van der Waals surface area contributed by atoms with Gasteiger partial charge in [0.05, 0.1) is 5.56 Å². The van der Waals surface area contributed by atoms with Crippen LogP contribution in [0.4, 0.5) is 0 Å². The molecule has 4 nitrogen and oxygen atoms in total. The maximum absolute atomic E-state index is 13.2. The third kappa shape index (κ3) is 5.87. The SMILES string of the molecule is CC(C)c1oc2ccccc2c1C(=O)c1ccc(OCCNCC(C)(C)C)cc1.Cl. The van der Waals surface area contributed by atoms with Gasteiger partial charge in [-0.2, -0.15) is 0 Å². The van der Waals surface area contributed by atoms with E-state index in [0.717, 1.165) is 35.6 Å². The molecule has 0 radical (unpaired) electrons. The molecular weight excluding hydrogens is 398 g/mol. The largest absolute Gasteiger partial charge is 0.492 e. The monoisotopic (exact) mass is 429 g/mol. The second kappa shape index (κ2) is 10.1.